The van der Waals surface area contributed by atoms with Gasteiger partial charge >= 0.3 is 0 Å². The van der Waals surface area contributed by atoms with E-state index in [1.165, 1.54) is 11.1 Å². The predicted octanol–water partition coefficient (Wildman–Crippen LogP) is 7.37. The van der Waals surface area contributed by atoms with Crippen LogP contribution in [0.3, 0.4) is 0 Å². The van der Waals surface area contributed by atoms with E-state index >= 15 is 0 Å². The number of aliphatic imine (C=N–C) groups is 1. The molecule has 2 N–H and O–H groups in total. The first kappa shape index (κ1) is 21.1. The van der Waals surface area contributed by atoms with E-state index in [1.54, 1.807) is 12.3 Å². The largest absolute Gasteiger partial charge is 0.507 e. The maximum absolute atomic E-state index is 11.0. The van der Waals surface area contributed by atoms with Crippen LogP contribution in [0.15, 0.2) is 96.0 Å². The number of hydrogen-bond acceptors (Lipinski definition) is 4. The van der Waals surface area contributed by atoms with Crippen molar-refractivity contribution in [2.24, 2.45) is 4.99 Å². The molecule has 0 bridgehead atoms. The van der Waals surface area contributed by atoms with Crippen LogP contribution < -0.4 is 0 Å². The molecule has 0 fully saturated rings. The van der Waals surface area contributed by atoms with Crippen LogP contribution in [0.4, 0.5) is 5.69 Å². The number of pyridine rings is 1. The lowest BCUT2D eigenvalue weighted by molar-refractivity contribution is 0.475. The minimum Gasteiger partial charge on any atom is -0.507 e. The summed E-state index contributed by atoms with van der Waals surface area (Å²) in [6.45, 7) is 4.38. The van der Waals surface area contributed by atoms with Gasteiger partial charge in [-0.2, -0.15) is 0 Å². The van der Waals surface area contributed by atoms with Crippen molar-refractivity contribution < 1.29 is 10.2 Å². The molecule has 5 aromatic rings. The van der Waals surface area contributed by atoms with Crippen LogP contribution in [0.1, 0.15) is 30.7 Å². The van der Waals surface area contributed by atoms with Gasteiger partial charge in [0.1, 0.15) is 11.5 Å². The van der Waals surface area contributed by atoms with Gasteiger partial charge in [-0.05, 0) is 64.0 Å². The average Bonchev–Trinajstić information content (AvgIpc) is 3.09. The molecule has 0 unspecified atom stereocenters. The van der Waals surface area contributed by atoms with Crippen LogP contribution in [0.25, 0.3) is 33.2 Å². The van der Waals surface area contributed by atoms with Crippen LogP contribution in [-0.4, -0.2) is 21.4 Å². The van der Waals surface area contributed by atoms with Crippen LogP contribution >= 0.6 is 0 Å². The smallest absolute Gasteiger partial charge is 0.125 e. The second-order valence-corrected chi connectivity index (χ2v) is 9.44. The number of phenols is 2. The zero-order valence-electron chi connectivity index (χ0n) is 19.5. The highest BCUT2D eigenvalue weighted by atomic mass is 16.3. The third kappa shape index (κ3) is 3.38. The van der Waals surface area contributed by atoms with E-state index in [0.717, 1.165) is 16.5 Å². The number of fused-ring (bicyclic) bond motifs is 4. The van der Waals surface area contributed by atoms with Crippen molar-refractivity contribution in [2.45, 2.75) is 19.3 Å². The average molecular weight is 457 g/mol. The second-order valence-electron chi connectivity index (χ2n) is 9.44. The molecule has 35 heavy (non-hydrogen) atoms. The maximum atomic E-state index is 11.0. The third-order valence-corrected chi connectivity index (χ3v) is 6.94. The molecule has 4 aromatic carbocycles. The highest BCUT2D eigenvalue weighted by Gasteiger charge is 2.36. The molecular formula is C31H24N2O2. The van der Waals surface area contributed by atoms with Crippen molar-refractivity contribution in [1.29, 1.82) is 0 Å². The molecule has 4 nitrogen and oxygen atoms in total. The Morgan fingerprint density at radius 1 is 0.714 bits per heavy atom. The van der Waals surface area contributed by atoms with E-state index in [-0.39, 0.29) is 16.9 Å². The number of rotatable bonds is 3. The van der Waals surface area contributed by atoms with Crippen molar-refractivity contribution in [2.75, 3.05) is 0 Å². The fraction of sp³-hybridized carbons (Fsp3) is 0.0968. The summed E-state index contributed by atoms with van der Waals surface area (Å²) in [6.07, 6.45) is 1.69. The molecule has 0 saturated carbocycles. The number of aromatic nitrogens is 1. The zero-order chi connectivity index (χ0) is 24.2. The summed E-state index contributed by atoms with van der Waals surface area (Å²) in [5.41, 5.74) is 7.24. The van der Waals surface area contributed by atoms with E-state index in [2.05, 4.69) is 43.1 Å². The summed E-state index contributed by atoms with van der Waals surface area (Å²) in [5, 5.41) is 23.0. The van der Waals surface area contributed by atoms with Gasteiger partial charge in [0.25, 0.3) is 0 Å². The van der Waals surface area contributed by atoms with Crippen LogP contribution in [0.2, 0.25) is 0 Å². The lowest BCUT2D eigenvalue weighted by Crippen LogP contribution is -2.14. The minimum atomic E-state index is -0.173. The van der Waals surface area contributed by atoms with Crippen LogP contribution in [0.5, 0.6) is 11.5 Å². The fourth-order valence-corrected chi connectivity index (χ4v) is 5.16. The Hall–Kier alpha value is -4.44. The Morgan fingerprint density at radius 3 is 2.34 bits per heavy atom. The first-order chi connectivity index (χ1) is 16.9. The molecule has 1 aliphatic rings. The SMILES string of the molecule is CC1(C)c2ccccc2-c2cc(-c3cccc(C=Nc4cccc5cccc(O)c45)n3)c(O)cc21. The van der Waals surface area contributed by atoms with Gasteiger partial charge in [0.05, 0.1) is 23.3 Å². The van der Waals surface area contributed by atoms with Crippen molar-refractivity contribution in [3.63, 3.8) is 0 Å². The number of aromatic hydroxyl groups is 2. The van der Waals surface area contributed by atoms with Crippen molar-refractivity contribution in [3.8, 4) is 33.9 Å². The quantitative estimate of drug-likeness (QED) is 0.279. The molecular weight excluding hydrogens is 432 g/mol. The number of hydrogen-bond donors (Lipinski definition) is 2. The molecule has 6 rings (SSSR count). The van der Waals surface area contributed by atoms with Gasteiger partial charge in [-0.15, -0.1) is 0 Å². The third-order valence-electron chi connectivity index (χ3n) is 6.94. The molecule has 0 spiro atoms. The fourth-order valence-electron chi connectivity index (χ4n) is 5.16. The zero-order valence-corrected chi connectivity index (χ0v) is 19.5. The summed E-state index contributed by atoms with van der Waals surface area (Å²) in [7, 11) is 0. The minimum absolute atomic E-state index is 0.173. The molecule has 170 valence electrons. The summed E-state index contributed by atoms with van der Waals surface area (Å²) >= 11 is 0. The molecule has 0 aliphatic heterocycles. The summed E-state index contributed by atoms with van der Waals surface area (Å²) in [5.74, 6) is 0.411. The van der Waals surface area contributed by atoms with Crippen LogP contribution in [0, 0.1) is 0 Å². The predicted molar refractivity (Wildman–Crippen MR) is 142 cm³/mol. The Morgan fingerprint density at radius 2 is 1.49 bits per heavy atom. The van der Waals surface area contributed by atoms with E-state index in [4.69, 9.17) is 4.98 Å². The van der Waals surface area contributed by atoms with E-state index in [1.807, 2.05) is 60.7 Å². The van der Waals surface area contributed by atoms with Gasteiger partial charge in [-0.25, -0.2) is 4.98 Å². The highest BCUT2D eigenvalue weighted by molar-refractivity contribution is 5.99. The molecule has 1 heterocycles. The molecule has 0 saturated heterocycles. The van der Waals surface area contributed by atoms with Gasteiger partial charge in [0.15, 0.2) is 0 Å². The van der Waals surface area contributed by atoms with E-state index in [0.29, 0.717) is 28.0 Å². The molecule has 0 atom stereocenters. The monoisotopic (exact) mass is 456 g/mol. The second kappa shape index (κ2) is 7.81. The van der Waals surface area contributed by atoms with Crippen molar-refractivity contribution in [1.82, 2.24) is 4.98 Å². The summed E-state index contributed by atoms with van der Waals surface area (Å²) in [4.78, 5) is 9.39. The maximum Gasteiger partial charge on any atom is 0.125 e. The van der Waals surface area contributed by atoms with Gasteiger partial charge in [0, 0.05) is 16.4 Å². The topological polar surface area (TPSA) is 65.7 Å². The van der Waals surface area contributed by atoms with E-state index in [9.17, 15) is 10.2 Å². The molecule has 4 heteroatoms. The van der Waals surface area contributed by atoms with Gasteiger partial charge in [-0.3, -0.25) is 4.99 Å². The summed E-state index contributed by atoms with van der Waals surface area (Å²) < 4.78 is 0. The molecule has 0 radical (unpaired) electrons. The highest BCUT2D eigenvalue weighted by Crippen LogP contribution is 2.51. The Labute approximate surface area is 203 Å². The summed E-state index contributed by atoms with van der Waals surface area (Å²) in [6, 6.07) is 29.2. The van der Waals surface area contributed by atoms with Gasteiger partial charge < -0.3 is 10.2 Å². The molecule has 1 aliphatic carbocycles. The number of benzene rings is 4. The van der Waals surface area contributed by atoms with Gasteiger partial charge in [-0.1, -0.05) is 68.4 Å². The van der Waals surface area contributed by atoms with Crippen LogP contribution in [-0.2, 0) is 5.41 Å². The lowest BCUT2D eigenvalue weighted by atomic mass is 9.82. The Balaban J connectivity index is 1.41. The Kier molecular flexibility index (Phi) is 4.71. The standard InChI is InChI=1S/C31H24N2O2/c1-31(2)24-12-4-3-11-21(24)22-16-23(29(35)17-25(22)31)26-13-7-10-20(33-26)18-32-27-14-5-8-19-9-6-15-28(34)30(19)27/h3-18,34-35H,1-2H3. The van der Waals surface area contributed by atoms with Crippen molar-refractivity contribution >= 4 is 22.7 Å². The first-order valence-corrected chi connectivity index (χ1v) is 11.6. The number of phenolic OH excluding ortho intramolecular Hbond substituents is 2. The lowest BCUT2D eigenvalue weighted by Gasteiger charge is -2.21. The molecule has 1 aromatic heterocycles. The van der Waals surface area contributed by atoms with Gasteiger partial charge in [0.2, 0.25) is 0 Å². The van der Waals surface area contributed by atoms with E-state index < -0.39 is 0 Å². The number of nitrogens with zero attached hydrogens (tertiary/aromatic N) is 2. The molecule has 0 amide bonds. The normalized spacial score (nSPS) is 13.8. The first-order valence-electron chi connectivity index (χ1n) is 11.6. The van der Waals surface area contributed by atoms with Crippen molar-refractivity contribution in [3.05, 3.63) is 108 Å². The Bertz CT molecular complexity index is 1640.